The van der Waals surface area contributed by atoms with E-state index >= 15 is 0 Å². The van der Waals surface area contributed by atoms with Crippen molar-refractivity contribution in [2.45, 2.75) is 21.9 Å². The van der Waals surface area contributed by atoms with Gasteiger partial charge in [0.2, 0.25) is 10.0 Å². The van der Waals surface area contributed by atoms with Crippen molar-refractivity contribution in [3.05, 3.63) is 36.2 Å². The molecule has 0 aliphatic rings. The highest BCUT2D eigenvalue weighted by Crippen LogP contribution is 2.31. The molecule has 0 saturated carbocycles. The van der Waals surface area contributed by atoms with E-state index in [1.807, 2.05) is 6.92 Å². The van der Waals surface area contributed by atoms with Crippen LogP contribution in [0.1, 0.15) is 5.56 Å². The lowest BCUT2D eigenvalue weighted by Gasteiger charge is -2.07. The topological polar surface area (TPSA) is 112 Å². The van der Waals surface area contributed by atoms with Gasteiger partial charge in [0.05, 0.1) is 4.90 Å². The quantitative estimate of drug-likeness (QED) is 0.649. The zero-order valence-corrected chi connectivity index (χ0v) is 11.7. The fourth-order valence-corrected chi connectivity index (χ4v) is 3.19. The van der Waals surface area contributed by atoms with Crippen LogP contribution in [-0.2, 0) is 10.0 Å². The summed E-state index contributed by atoms with van der Waals surface area (Å²) in [5, 5.41) is 5.61. The van der Waals surface area contributed by atoms with Crippen molar-refractivity contribution < 1.29 is 8.42 Å². The normalized spacial score (nSPS) is 11.5. The van der Waals surface area contributed by atoms with Crippen LogP contribution in [0.2, 0.25) is 0 Å². The monoisotopic (exact) mass is 296 g/mol. The number of sulfonamides is 1. The molecule has 2 rings (SSSR count). The molecule has 6 nitrogen and oxygen atoms in total. The van der Waals surface area contributed by atoms with E-state index in [0.29, 0.717) is 15.7 Å². The van der Waals surface area contributed by atoms with E-state index in [-0.39, 0.29) is 4.90 Å². The number of nitrogens with two attached hydrogens (primary N) is 2. The van der Waals surface area contributed by atoms with Crippen LogP contribution in [0, 0.1) is 6.92 Å². The maximum atomic E-state index is 11.5. The van der Waals surface area contributed by atoms with E-state index in [0.717, 1.165) is 17.3 Å². The lowest BCUT2D eigenvalue weighted by Crippen LogP contribution is -2.13. The van der Waals surface area contributed by atoms with Gasteiger partial charge in [-0.2, -0.15) is 0 Å². The Bertz CT molecular complexity index is 699. The number of nitrogens with zero attached hydrogens (tertiary/aromatic N) is 2. The minimum atomic E-state index is -3.84. The maximum Gasteiger partial charge on any atom is 0.239 e. The van der Waals surface area contributed by atoms with Crippen LogP contribution in [0.25, 0.3) is 0 Å². The second kappa shape index (κ2) is 5.16. The average molecular weight is 296 g/mol. The summed E-state index contributed by atoms with van der Waals surface area (Å²) in [5.41, 5.74) is 6.83. The number of primary sulfonamides is 1. The summed E-state index contributed by atoms with van der Waals surface area (Å²) >= 11 is 1.12. The standard InChI is InChI=1S/C11H12N4O2S2/c1-7-5-14-11(15-6-7)18-9-3-2-8(12)4-10(9)19(13,16)17/h2-6H,12H2,1H3,(H2,13,16,17). The second-order valence-corrected chi connectivity index (χ2v) is 6.44. The van der Waals surface area contributed by atoms with E-state index in [4.69, 9.17) is 10.9 Å². The lowest BCUT2D eigenvalue weighted by atomic mass is 10.3. The number of benzene rings is 1. The summed E-state index contributed by atoms with van der Waals surface area (Å²) in [6.07, 6.45) is 3.31. The molecule has 0 radical (unpaired) electrons. The first-order valence-electron chi connectivity index (χ1n) is 5.25. The first kappa shape index (κ1) is 13.8. The lowest BCUT2D eigenvalue weighted by molar-refractivity contribution is 0.596. The predicted molar refractivity (Wildman–Crippen MR) is 73.1 cm³/mol. The number of rotatable bonds is 3. The number of nitrogen functional groups attached to an aromatic ring is 1. The van der Waals surface area contributed by atoms with Crippen LogP contribution in [0.3, 0.4) is 0 Å². The smallest absolute Gasteiger partial charge is 0.239 e. The van der Waals surface area contributed by atoms with Crippen molar-refractivity contribution in [3.63, 3.8) is 0 Å². The van der Waals surface area contributed by atoms with Crippen molar-refractivity contribution in [1.29, 1.82) is 0 Å². The SMILES string of the molecule is Cc1cnc(Sc2ccc(N)cc2S(N)(=O)=O)nc1. The molecule has 0 aliphatic heterocycles. The van der Waals surface area contributed by atoms with Gasteiger partial charge in [0.25, 0.3) is 0 Å². The zero-order chi connectivity index (χ0) is 14.0. The molecule has 0 saturated heterocycles. The number of aryl methyl sites for hydroxylation is 1. The van der Waals surface area contributed by atoms with Crippen LogP contribution >= 0.6 is 11.8 Å². The van der Waals surface area contributed by atoms with E-state index in [1.54, 1.807) is 24.5 Å². The van der Waals surface area contributed by atoms with Gasteiger partial charge in [0, 0.05) is 23.0 Å². The molecule has 2 aromatic rings. The van der Waals surface area contributed by atoms with Gasteiger partial charge >= 0.3 is 0 Å². The molecule has 0 unspecified atom stereocenters. The number of aromatic nitrogens is 2. The number of hydrogen-bond donors (Lipinski definition) is 2. The summed E-state index contributed by atoms with van der Waals surface area (Å²) in [4.78, 5) is 8.63. The molecule has 0 atom stereocenters. The third-order valence-corrected chi connectivity index (χ3v) is 4.28. The Morgan fingerprint density at radius 3 is 2.42 bits per heavy atom. The van der Waals surface area contributed by atoms with E-state index in [2.05, 4.69) is 9.97 Å². The van der Waals surface area contributed by atoms with Crippen LogP contribution in [0.5, 0.6) is 0 Å². The predicted octanol–water partition coefficient (Wildman–Crippen LogP) is 1.17. The Morgan fingerprint density at radius 1 is 1.21 bits per heavy atom. The molecule has 19 heavy (non-hydrogen) atoms. The summed E-state index contributed by atoms with van der Waals surface area (Å²) in [6, 6.07) is 4.51. The molecule has 1 aromatic heterocycles. The largest absolute Gasteiger partial charge is 0.399 e. The molecule has 0 spiro atoms. The molecule has 1 aromatic carbocycles. The highest BCUT2D eigenvalue weighted by atomic mass is 32.2. The van der Waals surface area contributed by atoms with Crippen LogP contribution < -0.4 is 10.9 Å². The van der Waals surface area contributed by atoms with Crippen molar-refractivity contribution in [2.75, 3.05) is 5.73 Å². The van der Waals surface area contributed by atoms with E-state index in [1.165, 1.54) is 6.07 Å². The molecule has 8 heteroatoms. The Labute approximate surface area is 115 Å². The first-order valence-corrected chi connectivity index (χ1v) is 7.61. The molecule has 100 valence electrons. The summed E-state index contributed by atoms with van der Waals surface area (Å²) in [6.45, 7) is 1.87. The van der Waals surface area contributed by atoms with Crippen LogP contribution in [-0.4, -0.2) is 18.4 Å². The summed E-state index contributed by atoms with van der Waals surface area (Å²) in [7, 11) is -3.84. The minimum absolute atomic E-state index is 0.0262. The Balaban J connectivity index is 2.43. The van der Waals surface area contributed by atoms with Crippen molar-refractivity contribution in [1.82, 2.24) is 9.97 Å². The molecule has 4 N–H and O–H groups in total. The average Bonchev–Trinajstić information content (AvgIpc) is 2.33. The van der Waals surface area contributed by atoms with Gasteiger partial charge < -0.3 is 5.73 Å². The molecule has 0 fully saturated rings. The van der Waals surface area contributed by atoms with Gasteiger partial charge in [-0.15, -0.1) is 0 Å². The van der Waals surface area contributed by atoms with E-state index in [9.17, 15) is 8.42 Å². The fraction of sp³-hybridized carbons (Fsp3) is 0.0909. The van der Waals surface area contributed by atoms with Gasteiger partial charge in [0.15, 0.2) is 5.16 Å². The van der Waals surface area contributed by atoms with Gasteiger partial charge in [-0.25, -0.2) is 23.5 Å². The third-order valence-electron chi connectivity index (χ3n) is 2.23. The first-order chi connectivity index (χ1) is 8.86. The summed E-state index contributed by atoms with van der Waals surface area (Å²) in [5.74, 6) is 0. The number of hydrogen-bond acceptors (Lipinski definition) is 6. The van der Waals surface area contributed by atoms with Gasteiger partial charge in [-0.05, 0) is 42.4 Å². The van der Waals surface area contributed by atoms with Gasteiger partial charge in [-0.3, -0.25) is 0 Å². The third kappa shape index (κ3) is 3.43. The molecular formula is C11H12N4O2S2. The Morgan fingerprint density at radius 2 is 1.84 bits per heavy atom. The van der Waals surface area contributed by atoms with Crippen molar-refractivity contribution in [3.8, 4) is 0 Å². The fourth-order valence-electron chi connectivity index (χ4n) is 1.36. The van der Waals surface area contributed by atoms with Crippen LogP contribution in [0.15, 0.2) is 45.5 Å². The maximum absolute atomic E-state index is 11.5. The van der Waals surface area contributed by atoms with E-state index < -0.39 is 10.0 Å². The second-order valence-electron chi connectivity index (χ2n) is 3.90. The Hall–Kier alpha value is -1.64. The zero-order valence-electron chi connectivity index (χ0n) is 10.1. The van der Waals surface area contributed by atoms with Gasteiger partial charge in [0.1, 0.15) is 0 Å². The summed E-state index contributed by atoms with van der Waals surface area (Å²) < 4.78 is 23.0. The van der Waals surface area contributed by atoms with Crippen LogP contribution in [0.4, 0.5) is 5.69 Å². The highest BCUT2D eigenvalue weighted by molar-refractivity contribution is 8.00. The molecular weight excluding hydrogens is 284 g/mol. The van der Waals surface area contributed by atoms with Gasteiger partial charge in [-0.1, -0.05) is 0 Å². The number of anilines is 1. The molecule has 0 aliphatic carbocycles. The highest BCUT2D eigenvalue weighted by Gasteiger charge is 2.16. The molecule has 0 amide bonds. The Kier molecular flexibility index (Phi) is 3.74. The molecule has 1 heterocycles. The minimum Gasteiger partial charge on any atom is -0.399 e. The van der Waals surface area contributed by atoms with Crippen molar-refractivity contribution >= 4 is 27.5 Å². The van der Waals surface area contributed by atoms with Crippen molar-refractivity contribution in [2.24, 2.45) is 5.14 Å². The molecule has 0 bridgehead atoms.